The van der Waals surface area contributed by atoms with Crippen molar-refractivity contribution in [3.8, 4) is 5.75 Å². The van der Waals surface area contributed by atoms with E-state index in [2.05, 4.69) is 10.6 Å². The Bertz CT molecular complexity index is 648. The molecule has 20 heavy (non-hydrogen) atoms. The van der Waals surface area contributed by atoms with Gasteiger partial charge in [-0.25, -0.2) is 9.18 Å². The number of hydrogen-bond acceptors (Lipinski definition) is 4. The molecule has 1 unspecified atom stereocenters. The van der Waals surface area contributed by atoms with E-state index in [1.807, 2.05) is 0 Å². The SMILES string of the molecule is NC(=O)[C@H]1CC2(NC(=O)NC2=O)c2cc(F)ccc2O1. The van der Waals surface area contributed by atoms with Crippen molar-refractivity contribution >= 4 is 17.8 Å². The van der Waals surface area contributed by atoms with Gasteiger partial charge in [-0.1, -0.05) is 0 Å². The van der Waals surface area contributed by atoms with Gasteiger partial charge in [-0.2, -0.15) is 0 Å². The summed E-state index contributed by atoms with van der Waals surface area (Å²) in [7, 11) is 0. The minimum atomic E-state index is -1.54. The molecule has 1 aromatic rings. The Morgan fingerprint density at radius 2 is 2.20 bits per heavy atom. The van der Waals surface area contributed by atoms with Crippen molar-refractivity contribution in [2.75, 3.05) is 0 Å². The second-order valence-corrected chi connectivity index (χ2v) is 4.67. The number of hydrogen-bond donors (Lipinski definition) is 3. The van der Waals surface area contributed by atoms with Gasteiger partial charge in [0, 0.05) is 12.0 Å². The standard InChI is InChI=1S/C12H10FN3O4/c13-5-1-2-7-6(3-5)12(4-8(20-7)9(14)17)10(18)15-11(19)16-12/h1-3,8H,4H2,(H2,14,17)(H2,15,16,18,19)/t8-,12?/m1/s1. The molecule has 8 heteroatoms. The topological polar surface area (TPSA) is 111 Å². The van der Waals surface area contributed by atoms with Crippen molar-refractivity contribution in [1.29, 1.82) is 0 Å². The predicted octanol–water partition coefficient (Wildman–Crippen LogP) is -0.503. The fraction of sp³-hybridized carbons (Fsp3) is 0.250. The lowest BCUT2D eigenvalue weighted by Gasteiger charge is -2.36. The van der Waals surface area contributed by atoms with Crippen molar-refractivity contribution in [1.82, 2.24) is 10.6 Å². The number of imide groups is 1. The Hall–Kier alpha value is -2.64. The summed E-state index contributed by atoms with van der Waals surface area (Å²) in [4.78, 5) is 34.8. The zero-order chi connectivity index (χ0) is 14.5. The number of amides is 4. The number of carbonyl (C=O) groups is 3. The lowest BCUT2D eigenvalue weighted by Crippen LogP contribution is -2.53. The van der Waals surface area contributed by atoms with Gasteiger partial charge in [0.1, 0.15) is 11.6 Å². The molecule has 0 saturated carbocycles. The van der Waals surface area contributed by atoms with Crippen molar-refractivity contribution in [2.45, 2.75) is 18.1 Å². The van der Waals surface area contributed by atoms with Crippen LogP contribution in [0.3, 0.4) is 0 Å². The summed E-state index contributed by atoms with van der Waals surface area (Å²) in [6.45, 7) is 0. The monoisotopic (exact) mass is 279 g/mol. The molecule has 2 heterocycles. The molecule has 1 spiro atoms. The third-order valence-electron chi connectivity index (χ3n) is 3.42. The molecule has 4 N–H and O–H groups in total. The highest BCUT2D eigenvalue weighted by atomic mass is 19.1. The van der Waals surface area contributed by atoms with Gasteiger partial charge in [-0.15, -0.1) is 0 Å². The van der Waals surface area contributed by atoms with Gasteiger partial charge in [0.15, 0.2) is 11.6 Å². The van der Waals surface area contributed by atoms with E-state index in [-0.39, 0.29) is 17.7 Å². The molecule has 0 bridgehead atoms. The Kier molecular flexibility index (Phi) is 2.43. The maximum atomic E-state index is 13.4. The lowest BCUT2D eigenvalue weighted by atomic mass is 9.81. The minimum Gasteiger partial charge on any atom is -0.480 e. The highest BCUT2D eigenvalue weighted by Crippen LogP contribution is 2.41. The summed E-state index contributed by atoms with van der Waals surface area (Å²) >= 11 is 0. The van der Waals surface area contributed by atoms with Crippen LogP contribution in [0.5, 0.6) is 5.75 Å². The summed E-state index contributed by atoms with van der Waals surface area (Å²) in [5, 5.41) is 4.51. The molecule has 104 valence electrons. The first-order valence-corrected chi connectivity index (χ1v) is 5.82. The Labute approximate surface area is 112 Å². The number of benzene rings is 1. The van der Waals surface area contributed by atoms with Crippen LogP contribution in [-0.4, -0.2) is 23.9 Å². The third kappa shape index (κ3) is 1.61. The quantitative estimate of drug-likeness (QED) is 0.601. The summed E-state index contributed by atoms with van der Waals surface area (Å²) in [5.74, 6) is -1.88. The zero-order valence-electron chi connectivity index (χ0n) is 10.1. The molecule has 1 fully saturated rings. The summed E-state index contributed by atoms with van der Waals surface area (Å²) in [6.07, 6.45) is -1.27. The Balaban J connectivity index is 2.18. The van der Waals surface area contributed by atoms with Crippen LogP contribution in [0.1, 0.15) is 12.0 Å². The summed E-state index contributed by atoms with van der Waals surface area (Å²) in [5.41, 5.74) is 3.83. The molecule has 4 amide bonds. The highest BCUT2D eigenvalue weighted by molar-refractivity contribution is 6.08. The van der Waals surface area contributed by atoms with Crippen LogP contribution in [-0.2, 0) is 15.1 Å². The smallest absolute Gasteiger partial charge is 0.322 e. The van der Waals surface area contributed by atoms with E-state index < -0.39 is 35.3 Å². The van der Waals surface area contributed by atoms with Crippen molar-refractivity contribution in [3.05, 3.63) is 29.6 Å². The molecule has 7 nitrogen and oxygen atoms in total. The fourth-order valence-corrected chi connectivity index (χ4v) is 2.51. The number of fused-ring (bicyclic) bond motifs is 2. The van der Waals surface area contributed by atoms with Gasteiger partial charge in [0.05, 0.1) is 0 Å². The summed E-state index contributed by atoms with van der Waals surface area (Å²) in [6, 6.07) is 2.80. The first-order valence-electron chi connectivity index (χ1n) is 5.82. The van der Waals surface area contributed by atoms with Gasteiger partial charge >= 0.3 is 6.03 Å². The number of nitrogens with one attached hydrogen (secondary N) is 2. The molecular formula is C12H10FN3O4. The average Bonchev–Trinajstić information content (AvgIpc) is 2.65. The lowest BCUT2D eigenvalue weighted by molar-refractivity contribution is -0.130. The normalized spacial score (nSPS) is 27.6. The minimum absolute atomic E-state index is 0.138. The molecule has 2 aliphatic heterocycles. The maximum Gasteiger partial charge on any atom is 0.322 e. The van der Waals surface area contributed by atoms with Gasteiger partial charge in [0.2, 0.25) is 0 Å². The van der Waals surface area contributed by atoms with Crippen LogP contribution in [0.4, 0.5) is 9.18 Å². The molecule has 0 aliphatic carbocycles. The van der Waals surface area contributed by atoms with Gasteiger partial charge in [0.25, 0.3) is 11.8 Å². The third-order valence-corrected chi connectivity index (χ3v) is 3.42. The summed E-state index contributed by atoms with van der Waals surface area (Å²) < 4.78 is 18.8. The van der Waals surface area contributed by atoms with E-state index in [0.29, 0.717) is 0 Å². The zero-order valence-corrected chi connectivity index (χ0v) is 10.1. The van der Waals surface area contributed by atoms with E-state index in [4.69, 9.17) is 10.5 Å². The van der Waals surface area contributed by atoms with E-state index in [1.54, 1.807) is 0 Å². The van der Waals surface area contributed by atoms with Gasteiger partial charge in [-0.3, -0.25) is 14.9 Å². The number of urea groups is 1. The number of primary amides is 1. The van der Waals surface area contributed by atoms with Crippen molar-refractivity contribution in [3.63, 3.8) is 0 Å². The molecule has 0 radical (unpaired) electrons. The maximum absolute atomic E-state index is 13.4. The largest absolute Gasteiger partial charge is 0.480 e. The van der Waals surface area contributed by atoms with E-state index in [1.165, 1.54) is 6.07 Å². The van der Waals surface area contributed by atoms with Gasteiger partial charge in [-0.05, 0) is 18.2 Å². The van der Waals surface area contributed by atoms with E-state index in [9.17, 15) is 18.8 Å². The van der Waals surface area contributed by atoms with Crippen LogP contribution in [0, 0.1) is 5.82 Å². The molecule has 2 atom stereocenters. The van der Waals surface area contributed by atoms with Crippen LogP contribution < -0.4 is 21.1 Å². The van der Waals surface area contributed by atoms with Crippen LogP contribution in [0.15, 0.2) is 18.2 Å². The first-order chi connectivity index (χ1) is 9.42. The molecule has 0 aromatic heterocycles. The predicted molar refractivity (Wildman–Crippen MR) is 63.0 cm³/mol. The van der Waals surface area contributed by atoms with Gasteiger partial charge < -0.3 is 15.8 Å². The number of nitrogens with two attached hydrogens (primary N) is 1. The molecule has 1 aromatic carbocycles. The van der Waals surface area contributed by atoms with Crippen LogP contribution in [0.2, 0.25) is 0 Å². The first kappa shape index (κ1) is 12.4. The van der Waals surface area contributed by atoms with Crippen LogP contribution >= 0.6 is 0 Å². The highest BCUT2D eigenvalue weighted by Gasteiger charge is 2.54. The molecule has 2 aliphatic rings. The molecule has 3 rings (SSSR count). The number of halogens is 1. The van der Waals surface area contributed by atoms with Crippen molar-refractivity contribution < 1.29 is 23.5 Å². The Morgan fingerprint density at radius 1 is 1.45 bits per heavy atom. The van der Waals surface area contributed by atoms with E-state index in [0.717, 1.165) is 12.1 Å². The fourth-order valence-electron chi connectivity index (χ4n) is 2.51. The van der Waals surface area contributed by atoms with E-state index >= 15 is 0 Å². The molecule has 1 saturated heterocycles. The Morgan fingerprint density at radius 3 is 2.80 bits per heavy atom. The molecular weight excluding hydrogens is 269 g/mol. The van der Waals surface area contributed by atoms with Crippen LogP contribution in [0.25, 0.3) is 0 Å². The van der Waals surface area contributed by atoms with Crippen molar-refractivity contribution in [2.24, 2.45) is 5.73 Å². The number of ether oxygens (including phenoxy) is 1. The average molecular weight is 279 g/mol. The second-order valence-electron chi connectivity index (χ2n) is 4.67. The number of rotatable bonds is 1. The second kappa shape index (κ2) is 3.92. The number of carbonyl (C=O) groups excluding carboxylic acids is 3.